The zero-order valence-electron chi connectivity index (χ0n) is 7.69. The first kappa shape index (κ1) is 11.2. The van der Waals surface area contributed by atoms with E-state index < -0.39 is 30.5 Å². The third kappa shape index (κ3) is 1.97. The maximum Gasteiger partial charge on any atom is 0.107 e. The van der Waals surface area contributed by atoms with Gasteiger partial charge in [-0.2, -0.15) is 0 Å². The predicted octanol–water partition coefficient (Wildman–Crippen LogP) is -0.833. The van der Waals surface area contributed by atoms with Crippen molar-refractivity contribution in [3.8, 4) is 0 Å². The summed E-state index contributed by atoms with van der Waals surface area (Å²) in [6, 6.07) is -0.971. The molecule has 1 aliphatic rings. The highest BCUT2D eigenvalue weighted by atomic mass is 16.5. The van der Waals surface area contributed by atoms with E-state index in [-0.39, 0.29) is 6.61 Å². The van der Waals surface area contributed by atoms with Gasteiger partial charge in [0, 0.05) is 4.91 Å². The van der Waals surface area contributed by atoms with E-state index in [2.05, 4.69) is 10.0 Å². The lowest BCUT2D eigenvalue weighted by molar-refractivity contribution is -0.182. The number of rotatable bonds is 2. The van der Waals surface area contributed by atoms with Gasteiger partial charge in [0.2, 0.25) is 0 Å². The van der Waals surface area contributed by atoms with E-state index in [0.717, 1.165) is 0 Å². The van der Waals surface area contributed by atoms with Crippen LogP contribution >= 0.6 is 0 Å². The zero-order chi connectivity index (χ0) is 10.7. The molecule has 5 atom stereocenters. The lowest BCUT2D eigenvalue weighted by atomic mass is 9.94. The number of ether oxygens (including phenoxy) is 1. The molecule has 5 unspecified atom stereocenters. The van der Waals surface area contributed by atoms with Gasteiger partial charge < -0.3 is 20.1 Å². The highest BCUT2D eigenvalue weighted by Gasteiger charge is 2.41. The van der Waals surface area contributed by atoms with Crippen molar-refractivity contribution < 1.29 is 20.1 Å². The zero-order valence-corrected chi connectivity index (χ0v) is 7.69. The van der Waals surface area contributed by atoms with Crippen LogP contribution in [0, 0.1) is 0 Å². The van der Waals surface area contributed by atoms with Crippen molar-refractivity contribution in [1.82, 2.24) is 0 Å². The summed E-state index contributed by atoms with van der Waals surface area (Å²) in [7, 11) is 0. The van der Waals surface area contributed by atoms with Crippen LogP contribution in [0.3, 0.4) is 0 Å². The number of aliphatic hydroxyl groups excluding tert-OH is 3. The topological polar surface area (TPSA) is 119 Å². The third-order valence-electron chi connectivity index (χ3n) is 2.32. The first-order valence-electron chi connectivity index (χ1n) is 4.28. The Hall–Kier alpha value is -0.850. The molecule has 0 spiro atoms. The molecule has 0 aromatic carbocycles. The van der Waals surface area contributed by atoms with Crippen molar-refractivity contribution in [1.29, 1.82) is 0 Å². The summed E-state index contributed by atoms with van der Waals surface area (Å²) >= 11 is 0. The van der Waals surface area contributed by atoms with Crippen LogP contribution in [-0.4, -0.2) is 52.4 Å². The molecule has 0 aliphatic carbocycles. The fourth-order valence-electron chi connectivity index (χ4n) is 1.48. The molecule has 1 aliphatic heterocycles. The van der Waals surface area contributed by atoms with E-state index in [9.17, 15) is 10.2 Å². The Morgan fingerprint density at radius 1 is 1.43 bits per heavy atom. The third-order valence-corrected chi connectivity index (χ3v) is 2.32. The summed E-state index contributed by atoms with van der Waals surface area (Å²) in [5.41, 5.74) is 8.23. The minimum absolute atomic E-state index is 0.379. The van der Waals surface area contributed by atoms with Gasteiger partial charge in [-0.05, 0) is 12.5 Å². The number of aliphatic hydroxyl groups is 3. The highest BCUT2D eigenvalue weighted by molar-refractivity contribution is 4.95. The van der Waals surface area contributed by atoms with Crippen molar-refractivity contribution in [2.45, 2.75) is 37.4 Å². The SMILES string of the molecule is CC1OC(CO)C(O)C(N=[N+]=[N-])C1O. The first-order chi connectivity index (χ1) is 6.61. The van der Waals surface area contributed by atoms with Gasteiger partial charge in [0.25, 0.3) is 0 Å². The highest BCUT2D eigenvalue weighted by Crippen LogP contribution is 2.23. The van der Waals surface area contributed by atoms with E-state index in [4.69, 9.17) is 15.4 Å². The standard InChI is InChI=1S/C7H13N3O4/c1-3-6(12)5(9-10-8)7(13)4(2-11)14-3/h3-7,11-13H,2H2,1H3. The van der Waals surface area contributed by atoms with Crippen molar-refractivity contribution in [3.05, 3.63) is 10.4 Å². The van der Waals surface area contributed by atoms with E-state index in [1.165, 1.54) is 0 Å². The van der Waals surface area contributed by atoms with E-state index in [0.29, 0.717) is 0 Å². The maximum absolute atomic E-state index is 9.54. The summed E-state index contributed by atoms with van der Waals surface area (Å²) in [5.74, 6) is 0. The van der Waals surface area contributed by atoms with Crippen LogP contribution in [0.15, 0.2) is 5.11 Å². The molecule has 7 nitrogen and oxygen atoms in total. The molecule has 0 amide bonds. The molecule has 7 heteroatoms. The number of hydrogen-bond donors (Lipinski definition) is 3. The van der Waals surface area contributed by atoms with E-state index in [1.807, 2.05) is 0 Å². The van der Waals surface area contributed by atoms with Gasteiger partial charge in [0.05, 0.1) is 31.0 Å². The van der Waals surface area contributed by atoms with Crippen LogP contribution in [0.2, 0.25) is 0 Å². The monoisotopic (exact) mass is 203 g/mol. The second kappa shape index (κ2) is 4.59. The van der Waals surface area contributed by atoms with Crippen LogP contribution in [0.25, 0.3) is 10.4 Å². The molecule has 0 saturated carbocycles. The molecular weight excluding hydrogens is 190 g/mol. The van der Waals surface area contributed by atoms with Gasteiger partial charge in [-0.15, -0.1) is 0 Å². The van der Waals surface area contributed by atoms with Gasteiger partial charge in [-0.25, -0.2) is 0 Å². The van der Waals surface area contributed by atoms with Crippen LogP contribution in [0.5, 0.6) is 0 Å². The molecule has 0 aromatic heterocycles. The Labute approximate surface area is 80.6 Å². The Morgan fingerprint density at radius 3 is 2.57 bits per heavy atom. The average molecular weight is 203 g/mol. The fourth-order valence-corrected chi connectivity index (χ4v) is 1.48. The minimum atomic E-state index is -1.18. The molecular formula is C7H13N3O4. The normalized spacial score (nSPS) is 43.0. The molecule has 1 fully saturated rings. The number of hydrogen-bond acceptors (Lipinski definition) is 5. The largest absolute Gasteiger partial charge is 0.394 e. The smallest absolute Gasteiger partial charge is 0.107 e. The summed E-state index contributed by atoms with van der Waals surface area (Å²) in [6.07, 6.45) is -3.62. The van der Waals surface area contributed by atoms with Crippen molar-refractivity contribution in [3.63, 3.8) is 0 Å². The van der Waals surface area contributed by atoms with Gasteiger partial charge >= 0.3 is 0 Å². The lowest BCUT2D eigenvalue weighted by Gasteiger charge is -2.39. The minimum Gasteiger partial charge on any atom is -0.394 e. The number of nitrogens with zero attached hydrogens (tertiary/aromatic N) is 3. The molecule has 80 valence electrons. The summed E-state index contributed by atoms with van der Waals surface area (Å²) in [5, 5.41) is 31.2. The molecule has 1 saturated heterocycles. The molecule has 14 heavy (non-hydrogen) atoms. The Kier molecular flexibility index (Phi) is 3.68. The first-order valence-corrected chi connectivity index (χ1v) is 4.28. The summed E-state index contributed by atoms with van der Waals surface area (Å²) in [6.45, 7) is 1.20. The second-order valence-corrected chi connectivity index (χ2v) is 3.24. The van der Waals surface area contributed by atoms with Gasteiger partial charge in [0.15, 0.2) is 0 Å². The van der Waals surface area contributed by atoms with Crippen LogP contribution in [-0.2, 0) is 4.74 Å². The van der Waals surface area contributed by atoms with Crippen molar-refractivity contribution in [2.75, 3.05) is 6.61 Å². The lowest BCUT2D eigenvalue weighted by Crippen LogP contribution is -2.56. The van der Waals surface area contributed by atoms with Crippen LogP contribution in [0.1, 0.15) is 6.92 Å². The van der Waals surface area contributed by atoms with Crippen LogP contribution < -0.4 is 0 Å². The fraction of sp³-hybridized carbons (Fsp3) is 1.00. The second-order valence-electron chi connectivity index (χ2n) is 3.24. The van der Waals surface area contributed by atoms with Gasteiger partial charge in [-0.1, -0.05) is 5.11 Å². The Balaban J connectivity index is 2.82. The Morgan fingerprint density at radius 2 is 2.07 bits per heavy atom. The van der Waals surface area contributed by atoms with Crippen molar-refractivity contribution >= 4 is 0 Å². The summed E-state index contributed by atoms with van der Waals surface area (Å²) in [4.78, 5) is 2.53. The quantitative estimate of drug-likeness (QED) is 0.308. The molecule has 0 bridgehead atoms. The molecule has 1 heterocycles. The Bertz CT molecular complexity index is 243. The van der Waals surface area contributed by atoms with E-state index >= 15 is 0 Å². The average Bonchev–Trinajstić information content (AvgIpc) is 2.18. The predicted molar refractivity (Wildman–Crippen MR) is 46.4 cm³/mol. The van der Waals surface area contributed by atoms with Crippen molar-refractivity contribution in [2.24, 2.45) is 5.11 Å². The number of azide groups is 1. The maximum atomic E-state index is 9.54. The van der Waals surface area contributed by atoms with Gasteiger partial charge in [0.1, 0.15) is 6.10 Å². The molecule has 3 N–H and O–H groups in total. The van der Waals surface area contributed by atoms with E-state index in [1.54, 1.807) is 6.92 Å². The van der Waals surface area contributed by atoms with Crippen LogP contribution in [0.4, 0.5) is 0 Å². The molecule has 0 aromatic rings. The van der Waals surface area contributed by atoms with Gasteiger partial charge in [-0.3, -0.25) is 0 Å². The molecule has 0 radical (unpaired) electrons. The molecule has 1 rings (SSSR count). The summed E-state index contributed by atoms with van der Waals surface area (Å²) < 4.78 is 5.10.